The predicted molar refractivity (Wildman–Crippen MR) is 88.9 cm³/mol. The standard InChI is InChI=1S/C17H21NO5/c1-19-13-6-11(7-14(10-13)20-2)18-12-8-15(21-3)17(23-5)16(9-12)22-4/h6-10,18H,1-5H3. The smallest absolute Gasteiger partial charge is 0.203 e. The molecular weight excluding hydrogens is 298 g/mol. The first-order chi connectivity index (χ1) is 11.1. The van der Waals surface area contributed by atoms with Crippen molar-refractivity contribution in [2.24, 2.45) is 0 Å². The molecule has 0 unspecified atom stereocenters. The molecule has 6 nitrogen and oxygen atoms in total. The Morgan fingerprint density at radius 2 is 1.04 bits per heavy atom. The van der Waals surface area contributed by atoms with Crippen LogP contribution in [0.2, 0.25) is 0 Å². The molecule has 0 aromatic heterocycles. The lowest BCUT2D eigenvalue weighted by Gasteiger charge is -2.16. The molecule has 1 N–H and O–H groups in total. The number of anilines is 2. The lowest BCUT2D eigenvalue weighted by molar-refractivity contribution is 0.324. The monoisotopic (exact) mass is 319 g/mol. The third-order valence-corrected chi connectivity index (χ3v) is 3.30. The van der Waals surface area contributed by atoms with E-state index in [0.29, 0.717) is 28.7 Å². The molecule has 0 aliphatic heterocycles. The van der Waals surface area contributed by atoms with Crippen LogP contribution in [0.1, 0.15) is 0 Å². The molecule has 0 aliphatic rings. The number of ether oxygens (including phenoxy) is 5. The molecule has 23 heavy (non-hydrogen) atoms. The van der Waals surface area contributed by atoms with E-state index in [9.17, 15) is 0 Å². The molecule has 0 radical (unpaired) electrons. The van der Waals surface area contributed by atoms with E-state index in [2.05, 4.69) is 5.32 Å². The van der Waals surface area contributed by atoms with Crippen LogP contribution < -0.4 is 29.0 Å². The molecule has 0 bridgehead atoms. The highest BCUT2D eigenvalue weighted by Crippen LogP contribution is 2.41. The van der Waals surface area contributed by atoms with Crippen molar-refractivity contribution in [2.45, 2.75) is 0 Å². The maximum Gasteiger partial charge on any atom is 0.203 e. The van der Waals surface area contributed by atoms with E-state index >= 15 is 0 Å². The van der Waals surface area contributed by atoms with Crippen LogP contribution in [0.25, 0.3) is 0 Å². The lowest BCUT2D eigenvalue weighted by Crippen LogP contribution is -1.98. The fourth-order valence-corrected chi connectivity index (χ4v) is 2.20. The Kier molecular flexibility index (Phi) is 5.41. The van der Waals surface area contributed by atoms with Crippen LogP contribution in [-0.2, 0) is 0 Å². The van der Waals surface area contributed by atoms with Crippen LogP contribution >= 0.6 is 0 Å². The van der Waals surface area contributed by atoms with Crippen LogP contribution in [0.15, 0.2) is 30.3 Å². The Bertz CT molecular complexity index is 625. The molecule has 0 atom stereocenters. The van der Waals surface area contributed by atoms with Crippen LogP contribution in [-0.4, -0.2) is 35.5 Å². The zero-order valence-corrected chi connectivity index (χ0v) is 13.9. The van der Waals surface area contributed by atoms with Gasteiger partial charge in [0.15, 0.2) is 11.5 Å². The largest absolute Gasteiger partial charge is 0.497 e. The van der Waals surface area contributed by atoms with Crippen molar-refractivity contribution < 1.29 is 23.7 Å². The average molecular weight is 319 g/mol. The van der Waals surface area contributed by atoms with Crippen molar-refractivity contribution in [3.05, 3.63) is 30.3 Å². The summed E-state index contributed by atoms with van der Waals surface area (Å²) in [5, 5.41) is 3.28. The minimum atomic E-state index is 0.545. The van der Waals surface area contributed by atoms with Crippen molar-refractivity contribution in [3.8, 4) is 28.7 Å². The van der Waals surface area contributed by atoms with Gasteiger partial charge in [-0.2, -0.15) is 0 Å². The fourth-order valence-electron chi connectivity index (χ4n) is 2.20. The van der Waals surface area contributed by atoms with Crippen molar-refractivity contribution in [1.82, 2.24) is 0 Å². The quantitative estimate of drug-likeness (QED) is 0.843. The number of methoxy groups -OCH3 is 5. The molecule has 0 heterocycles. The van der Waals surface area contributed by atoms with Gasteiger partial charge >= 0.3 is 0 Å². The molecule has 0 saturated heterocycles. The van der Waals surface area contributed by atoms with Crippen molar-refractivity contribution in [1.29, 1.82) is 0 Å². The van der Waals surface area contributed by atoms with E-state index in [0.717, 1.165) is 11.4 Å². The van der Waals surface area contributed by atoms with Gasteiger partial charge in [0.1, 0.15) is 11.5 Å². The van der Waals surface area contributed by atoms with Crippen LogP contribution in [0.4, 0.5) is 11.4 Å². The molecule has 2 aromatic carbocycles. The average Bonchev–Trinajstić information content (AvgIpc) is 2.60. The van der Waals surface area contributed by atoms with Gasteiger partial charge in [0, 0.05) is 41.7 Å². The molecule has 2 aromatic rings. The first-order valence-electron chi connectivity index (χ1n) is 6.95. The summed E-state index contributed by atoms with van der Waals surface area (Å²) in [4.78, 5) is 0. The van der Waals surface area contributed by atoms with Crippen LogP contribution in [0.5, 0.6) is 28.7 Å². The summed E-state index contributed by atoms with van der Waals surface area (Å²) in [5.41, 5.74) is 1.60. The zero-order chi connectivity index (χ0) is 16.8. The highest BCUT2D eigenvalue weighted by molar-refractivity contribution is 5.69. The summed E-state index contributed by atoms with van der Waals surface area (Å²) in [6.45, 7) is 0. The highest BCUT2D eigenvalue weighted by Gasteiger charge is 2.13. The Labute approximate surface area is 135 Å². The summed E-state index contributed by atoms with van der Waals surface area (Å²) in [6.07, 6.45) is 0. The minimum absolute atomic E-state index is 0.545. The zero-order valence-electron chi connectivity index (χ0n) is 13.9. The van der Waals surface area contributed by atoms with Crippen molar-refractivity contribution in [3.63, 3.8) is 0 Å². The summed E-state index contributed by atoms with van der Waals surface area (Å²) in [5.74, 6) is 3.08. The maximum atomic E-state index is 5.35. The lowest BCUT2D eigenvalue weighted by atomic mass is 10.2. The Morgan fingerprint density at radius 3 is 1.43 bits per heavy atom. The van der Waals surface area contributed by atoms with Gasteiger partial charge in [-0.1, -0.05) is 0 Å². The van der Waals surface area contributed by atoms with Gasteiger partial charge in [0.25, 0.3) is 0 Å². The highest BCUT2D eigenvalue weighted by atomic mass is 16.5. The molecule has 0 spiro atoms. The van der Waals surface area contributed by atoms with E-state index in [1.807, 2.05) is 24.3 Å². The third-order valence-electron chi connectivity index (χ3n) is 3.30. The second-order valence-corrected chi connectivity index (χ2v) is 4.64. The number of hydrogen-bond donors (Lipinski definition) is 1. The summed E-state index contributed by atoms with van der Waals surface area (Å²) < 4.78 is 26.6. The van der Waals surface area contributed by atoms with Gasteiger partial charge in [0.2, 0.25) is 5.75 Å². The number of rotatable bonds is 7. The van der Waals surface area contributed by atoms with Gasteiger partial charge in [-0.25, -0.2) is 0 Å². The molecule has 6 heteroatoms. The molecule has 0 aliphatic carbocycles. The van der Waals surface area contributed by atoms with E-state index in [1.165, 1.54) is 0 Å². The van der Waals surface area contributed by atoms with E-state index in [1.54, 1.807) is 41.6 Å². The number of benzene rings is 2. The first kappa shape index (κ1) is 16.6. The van der Waals surface area contributed by atoms with Crippen molar-refractivity contribution in [2.75, 3.05) is 40.9 Å². The third kappa shape index (κ3) is 3.71. The molecule has 0 saturated carbocycles. The van der Waals surface area contributed by atoms with Gasteiger partial charge in [0.05, 0.1) is 35.5 Å². The van der Waals surface area contributed by atoms with E-state index in [4.69, 9.17) is 23.7 Å². The van der Waals surface area contributed by atoms with Gasteiger partial charge < -0.3 is 29.0 Å². The molecule has 2 rings (SSSR count). The summed E-state index contributed by atoms with van der Waals surface area (Å²) in [7, 11) is 7.95. The second kappa shape index (κ2) is 7.49. The number of nitrogens with one attached hydrogen (secondary N) is 1. The van der Waals surface area contributed by atoms with Crippen molar-refractivity contribution >= 4 is 11.4 Å². The second-order valence-electron chi connectivity index (χ2n) is 4.64. The van der Waals surface area contributed by atoms with Gasteiger partial charge in [-0.3, -0.25) is 0 Å². The first-order valence-corrected chi connectivity index (χ1v) is 6.95. The van der Waals surface area contributed by atoms with Gasteiger partial charge in [-0.15, -0.1) is 0 Å². The molecular formula is C17H21NO5. The summed E-state index contributed by atoms with van der Waals surface area (Å²) in [6, 6.07) is 9.19. The normalized spacial score (nSPS) is 9.96. The summed E-state index contributed by atoms with van der Waals surface area (Å²) >= 11 is 0. The minimum Gasteiger partial charge on any atom is -0.497 e. The molecule has 0 fully saturated rings. The number of hydrogen-bond acceptors (Lipinski definition) is 6. The molecule has 124 valence electrons. The fraction of sp³-hybridized carbons (Fsp3) is 0.294. The maximum absolute atomic E-state index is 5.35. The van der Waals surface area contributed by atoms with E-state index < -0.39 is 0 Å². The predicted octanol–water partition coefficient (Wildman–Crippen LogP) is 3.47. The van der Waals surface area contributed by atoms with Crippen LogP contribution in [0.3, 0.4) is 0 Å². The van der Waals surface area contributed by atoms with Crippen LogP contribution in [0, 0.1) is 0 Å². The van der Waals surface area contributed by atoms with Gasteiger partial charge in [-0.05, 0) is 0 Å². The van der Waals surface area contributed by atoms with E-state index in [-0.39, 0.29) is 0 Å². The SMILES string of the molecule is COc1cc(Nc2cc(OC)c(OC)c(OC)c2)cc(OC)c1. The Balaban J connectivity index is 2.40. The molecule has 0 amide bonds. The Hall–Kier alpha value is -2.76. The topological polar surface area (TPSA) is 58.2 Å². The Morgan fingerprint density at radius 1 is 0.565 bits per heavy atom.